The monoisotopic (exact) mass is 283 g/mol. The summed E-state index contributed by atoms with van der Waals surface area (Å²) < 4.78 is 26.2. The number of allylic oxidation sites excluding steroid dienone is 1. The van der Waals surface area contributed by atoms with E-state index in [1.54, 1.807) is 19.1 Å². The Labute approximate surface area is 114 Å². The van der Waals surface area contributed by atoms with Crippen LogP contribution in [0, 0.1) is 0 Å². The molecule has 1 rings (SSSR count). The summed E-state index contributed by atoms with van der Waals surface area (Å²) in [7, 11) is -3.44. The van der Waals surface area contributed by atoms with Gasteiger partial charge in [0.2, 0.25) is 10.0 Å². The van der Waals surface area contributed by atoms with E-state index in [9.17, 15) is 8.42 Å². The molecule has 0 aromatic heterocycles. The molecular formula is C13H21N3O2S. The smallest absolute Gasteiger partial charge is 0.240 e. The van der Waals surface area contributed by atoms with Crippen LogP contribution in [0.1, 0.15) is 20.3 Å². The van der Waals surface area contributed by atoms with E-state index in [0.717, 1.165) is 6.42 Å². The number of rotatable bonds is 7. The zero-order valence-electron chi connectivity index (χ0n) is 11.3. The van der Waals surface area contributed by atoms with Gasteiger partial charge in [0.1, 0.15) is 0 Å². The third kappa shape index (κ3) is 4.57. The lowest BCUT2D eigenvalue weighted by molar-refractivity contribution is 0.584. The van der Waals surface area contributed by atoms with Crippen molar-refractivity contribution < 1.29 is 8.42 Å². The van der Waals surface area contributed by atoms with Crippen molar-refractivity contribution in [2.45, 2.75) is 25.2 Å². The molecule has 0 amide bonds. The normalized spacial score (nSPS) is 11.9. The van der Waals surface area contributed by atoms with Crippen LogP contribution in [-0.4, -0.2) is 21.5 Å². The Balaban J connectivity index is 2.88. The lowest BCUT2D eigenvalue weighted by Gasteiger charge is -2.11. The molecule has 0 fully saturated rings. The largest absolute Gasteiger partial charge is 0.397 e. The van der Waals surface area contributed by atoms with Crippen molar-refractivity contribution in [1.82, 2.24) is 4.72 Å². The first kappa shape index (κ1) is 15.5. The van der Waals surface area contributed by atoms with Gasteiger partial charge < -0.3 is 11.1 Å². The number of nitrogens with one attached hydrogen (secondary N) is 2. The minimum atomic E-state index is -3.44. The second kappa shape index (κ2) is 7.16. The quantitative estimate of drug-likeness (QED) is 0.406. The number of hydrogen-bond acceptors (Lipinski definition) is 4. The molecule has 5 nitrogen and oxygen atoms in total. The van der Waals surface area contributed by atoms with E-state index in [-0.39, 0.29) is 4.90 Å². The van der Waals surface area contributed by atoms with E-state index in [2.05, 4.69) is 10.0 Å². The maximum atomic E-state index is 11.9. The molecule has 0 aliphatic heterocycles. The predicted molar refractivity (Wildman–Crippen MR) is 79.6 cm³/mol. The van der Waals surface area contributed by atoms with Crippen LogP contribution < -0.4 is 15.8 Å². The summed E-state index contributed by atoms with van der Waals surface area (Å²) in [6.45, 7) is 4.76. The molecule has 0 unspecified atom stereocenters. The van der Waals surface area contributed by atoms with Crippen LogP contribution in [0.5, 0.6) is 0 Å². The van der Waals surface area contributed by atoms with E-state index in [4.69, 9.17) is 5.73 Å². The highest BCUT2D eigenvalue weighted by atomic mass is 32.2. The number of benzene rings is 1. The molecule has 0 bridgehead atoms. The zero-order valence-corrected chi connectivity index (χ0v) is 12.1. The van der Waals surface area contributed by atoms with Gasteiger partial charge in [0.05, 0.1) is 16.3 Å². The van der Waals surface area contributed by atoms with Gasteiger partial charge in [-0.1, -0.05) is 19.1 Å². The van der Waals surface area contributed by atoms with Crippen molar-refractivity contribution in [2.75, 3.05) is 24.1 Å². The minimum Gasteiger partial charge on any atom is -0.397 e. The van der Waals surface area contributed by atoms with E-state index in [1.807, 2.05) is 19.1 Å². The Bertz CT molecular complexity index is 539. The summed E-state index contributed by atoms with van der Waals surface area (Å²) in [5, 5.41) is 3.13. The van der Waals surface area contributed by atoms with E-state index >= 15 is 0 Å². The molecule has 1 aromatic rings. The summed E-state index contributed by atoms with van der Waals surface area (Å²) in [5.41, 5.74) is 7.01. The van der Waals surface area contributed by atoms with Gasteiger partial charge in [-0.2, -0.15) is 0 Å². The van der Waals surface area contributed by atoms with Crippen LogP contribution in [0.2, 0.25) is 0 Å². The average molecular weight is 283 g/mol. The molecule has 1 aromatic carbocycles. The number of sulfonamides is 1. The van der Waals surface area contributed by atoms with Crippen LogP contribution in [0.3, 0.4) is 0 Å². The molecule has 0 saturated carbocycles. The highest BCUT2D eigenvalue weighted by molar-refractivity contribution is 7.89. The molecule has 0 aliphatic carbocycles. The van der Waals surface area contributed by atoms with Crippen LogP contribution in [0.25, 0.3) is 0 Å². The second-order valence-electron chi connectivity index (χ2n) is 4.03. The lowest BCUT2D eigenvalue weighted by Crippen LogP contribution is -2.23. The average Bonchev–Trinajstić information content (AvgIpc) is 2.36. The fourth-order valence-electron chi connectivity index (χ4n) is 1.59. The minimum absolute atomic E-state index is 0.220. The van der Waals surface area contributed by atoms with Gasteiger partial charge in [0.15, 0.2) is 0 Å². The van der Waals surface area contributed by atoms with Gasteiger partial charge in [-0.15, -0.1) is 0 Å². The molecule has 0 atom stereocenters. The Hall–Kier alpha value is -1.53. The van der Waals surface area contributed by atoms with Crippen molar-refractivity contribution >= 4 is 21.4 Å². The number of hydrogen-bond donors (Lipinski definition) is 3. The molecular weight excluding hydrogens is 262 g/mol. The Morgan fingerprint density at radius 1 is 1.37 bits per heavy atom. The molecule has 106 valence electrons. The van der Waals surface area contributed by atoms with Crippen LogP contribution in [0.4, 0.5) is 11.4 Å². The lowest BCUT2D eigenvalue weighted by atomic mass is 10.2. The molecule has 0 heterocycles. The molecule has 0 aliphatic rings. The topological polar surface area (TPSA) is 84.2 Å². The molecule has 0 spiro atoms. The molecule has 19 heavy (non-hydrogen) atoms. The van der Waals surface area contributed by atoms with Crippen LogP contribution in [0.15, 0.2) is 35.2 Å². The second-order valence-corrected chi connectivity index (χ2v) is 5.80. The fraction of sp³-hybridized carbons (Fsp3) is 0.385. The first-order chi connectivity index (χ1) is 9.01. The Kier molecular flexibility index (Phi) is 5.85. The molecule has 0 radical (unpaired) electrons. The molecule has 6 heteroatoms. The van der Waals surface area contributed by atoms with Crippen molar-refractivity contribution in [2.24, 2.45) is 0 Å². The molecule has 0 saturated heterocycles. The third-order valence-electron chi connectivity index (χ3n) is 2.53. The van der Waals surface area contributed by atoms with Gasteiger partial charge in [0, 0.05) is 13.1 Å². The number of nitrogens with two attached hydrogens (primary N) is 1. The fourth-order valence-corrected chi connectivity index (χ4v) is 2.65. The van der Waals surface area contributed by atoms with Crippen molar-refractivity contribution in [1.29, 1.82) is 0 Å². The van der Waals surface area contributed by atoms with Crippen molar-refractivity contribution in [3.8, 4) is 0 Å². The van der Waals surface area contributed by atoms with Gasteiger partial charge in [0.25, 0.3) is 0 Å². The highest BCUT2D eigenvalue weighted by Gasteiger charge is 2.13. The van der Waals surface area contributed by atoms with Gasteiger partial charge >= 0.3 is 0 Å². The standard InChI is InChI=1S/C13H21N3O2S/c1-3-5-6-9-15-13-10-11(7-8-12(13)14)19(17,18)16-4-2/h3,5,7-8,10,15-16H,4,6,9,14H2,1-2H3/b5-3+. The Morgan fingerprint density at radius 2 is 2.11 bits per heavy atom. The van der Waals surface area contributed by atoms with Crippen LogP contribution in [-0.2, 0) is 10.0 Å². The summed E-state index contributed by atoms with van der Waals surface area (Å²) >= 11 is 0. The maximum absolute atomic E-state index is 11.9. The summed E-state index contributed by atoms with van der Waals surface area (Å²) in [4.78, 5) is 0.220. The number of nitrogen functional groups attached to an aromatic ring is 1. The SMILES string of the molecule is C/C=C/CCNc1cc(S(=O)(=O)NCC)ccc1N. The highest BCUT2D eigenvalue weighted by Crippen LogP contribution is 2.22. The first-order valence-electron chi connectivity index (χ1n) is 6.25. The first-order valence-corrected chi connectivity index (χ1v) is 7.73. The van der Waals surface area contributed by atoms with E-state index in [1.165, 1.54) is 6.07 Å². The predicted octanol–water partition coefficient (Wildman–Crippen LogP) is 1.95. The van der Waals surface area contributed by atoms with E-state index in [0.29, 0.717) is 24.5 Å². The van der Waals surface area contributed by atoms with Crippen molar-refractivity contribution in [3.05, 3.63) is 30.4 Å². The van der Waals surface area contributed by atoms with Crippen LogP contribution >= 0.6 is 0 Å². The summed E-state index contributed by atoms with van der Waals surface area (Å²) in [6, 6.07) is 4.66. The Morgan fingerprint density at radius 3 is 2.74 bits per heavy atom. The van der Waals surface area contributed by atoms with Gasteiger partial charge in [-0.3, -0.25) is 0 Å². The van der Waals surface area contributed by atoms with Crippen molar-refractivity contribution in [3.63, 3.8) is 0 Å². The van der Waals surface area contributed by atoms with Gasteiger partial charge in [-0.05, 0) is 31.5 Å². The number of anilines is 2. The maximum Gasteiger partial charge on any atom is 0.240 e. The zero-order chi connectivity index (χ0) is 14.3. The van der Waals surface area contributed by atoms with E-state index < -0.39 is 10.0 Å². The molecule has 4 N–H and O–H groups in total. The summed E-state index contributed by atoms with van der Waals surface area (Å²) in [5.74, 6) is 0. The third-order valence-corrected chi connectivity index (χ3v) is 4.07. The van der Waals surface area contributed by atoms with Gasteiger partial charge in [-0.25, -0.2) is 13.1 Å². The summed E-state index contributed by atoms with van der Waals surface area (Å²) in [6.07, 6.45) is 4.86.